The molecule has 0 bridgehead atoms. The molecular formula is C24H26N2O3. The van der Waals surface area contributed by atoms with Gasteiger partial charge in [0, 0.05) is 17.1 Å². The Bertz CT molecular complexity index is 1030. The third-order valence-electron chi connectivity index (χ3n) is 6.30. The highest BCUT2D eigenvalue weighted by Crippen LogP contribution is 2.40. The summed E-state index contributed by atoms with van der Waals surface area (Å²) in [6.07, 6.45) is 4.14. The van der Waals surface area contributed by atoms with Gasteiger partial charge >= 0.3 is 0 Å². The molecule has 2 aromatic carbocycles. The first-order valence-electron chi connectivity index (χ1n) is 10.3. The Kier molecular flexibility index (Phi) is 4.55. The van der Waals surface area contributed by atoms with Crippen LogP contribution in [0.1, 0.15) is 36.8 Å². The van der Waals surface area contributed by atoms with Gasteiger partial charge in [0.2, 0.25) is 5.91 Å². The number of aromatic nitrogens is 1. The lowest BCUT2D eigenvalue weighted by Gasteiger charge is -2.35. The van der Waals surface area contributed by atoms with E-state index < -0.39 is 0 Å². The molecule has 2 aliphatic rings. The van der Waals surface area contributed by atoms with Gasteiger partial charge in [-0.15, -0.1) is 0 Å². The zero-order valence-corrected chi connectivity index (χ0v) is 16.8. The minimum atomic E-state index is -0.0759. The van der Waals surface area contributed by atoms with Crippen LogP contribution in [-0.2, 0) is 9.53 Å². The SMILES string of the molecule is Cc1ccc(C2CC(Oc3ccc4[nH]cc(NC(=O)[C@@H]5CO[C@@H]5C)c4c3)C2)cc1. The van der Waals surface area contributed by atoms with Crippen LogP contribution in [0.2, 0.25) is 0 Å². The number of ether oxygens (including phenoxy) is 2. The number of aryl methyl sites for hydroxylation is 1. The maximum absolute atomic E-state index is 12.4. The van der Waals surface area contributed by atoms with Crippen LogP contribution in [0.5, 0.6) is 5.75 Å². The van der Waals surface area contributed by atoms with Gasteiger partial charge in [0.15, 0.2) is 0 Å². The van der Waals surface area contributed by atoms with Crippen molar-refractivity contribution in [2.75, 3.05) is 11.9 Å². The van der Waals surface area contributed by atoms with Crippen molar-refractivity contribution < 1.29 is 14.3 Å². The van der Waals surface area contributed by atoms with Gasteiger partial charge in [-0.05, 0) is 56.4 Å². The third-order valence-corrected chi connectivity index (χ3v) is 6.30. The summed E-state index contributed by atoms with van der Waals surface area (Å²) in [4.78, 5) is 15.6. The zero-order valence-electron chi connectivity index (χ0n) is 16.8. The van der Waals surface area contributed by atoms with E-state index in [9.17, 15) is 4.79 Å². The van der Waals surface area contributed by atoms with Crippen molar-refractivity contribution in [1.82, 2.24) is 4.98 Å². The smallest absolute Gasteiger partial charge is 0.232 e. The normalized spacial score (nSPS) is 25.9. The summed E-state index contributed by atoms with van der Waals surface area (Å²) in [5, 5.41) is 4.00. The van der Waals surface area contributed by atoms with Gasteiger partial charge < -0.3 is 19.8 Å². The molecule has 2 fully saturated rings. The van der Waals surface area contributed by atoms with Gasteiger partial charge in [-0.3, -0.25) is 4.79 Å². The maximum atomic E-state index is 12.4. The number of rotatable bonds is 5. The highest BCUT2D eigenvalue weighted by Gasteiger charge is 2.35. The largest absolute Gasteiger partial charge is 0.490 e. The number of carbonyl (C=O) groups excluding carboxylic acids is 1. The second kappa shape index (κ2) is 7.23. The molecule has 5 nitrogen and oxygen atoms in total. The summed E-state index contributed by atoms with van der Waals surface area (Å²) in [6, 6.07) is 14.8. The average Bonchev–Trinajstić information content (AvgIpc) is 3.06. The van der Waals surface area contributed by atoms with E-state index in [4.69, 9.17) is 9.47 Å². The van der Waals surface area contributed by atoms with Crippen molar-refractivity contribution in [2.24, 2.45) is 5.92 Å². The molecule has 0 spiro atoms. The van der Waals surface area contributed by atoms with Crippen LogP contribution in [0.15, 0.2) is 48.7 Å². The molecule has 5 rings (SSSR count). The Morgan fingerprint density at radius 3 is 2.66 bits per heavy atom. The van der Waals surface area contributed by atoms with Crippen molar-refractivity contribution in [3.05, 3.63) is 59.8 Å². The average molecular weight is 390 g/mol. The summed E-state index contributed by atoms with van der Waals surface area (Å²) < 4.78 is 11.5. The summed E-state index contributed by atoms with van der Waals surface area (Å²) >= 11 is 0. The second-order valence-corrected chi connectivity index (χ2v) is 8.36. The van der Waals surface area contributed by atoms with Crippen molar-refractivity contribution >= 4 is 22.5 Å². The molecule has 1 aliphatic carbocycles. The third kappa shape index (κ3) is 3.51. The number of carbonyl (C=O) groups is 1. The predicted octanol–water partition coefficient (Wildman–Crippen LogP) is 4.77. The van der Waals surface area contributed by atoms with Crippen molar-refractivity contribution in [2.45, 2.75) is 44.8 Å². The quantitative estimate of drug-likeness (QED) is 0.659. The molecule has 3 aromatic rings. The number of aromatic amines is 1. The van der Waals surface area contributed by atoms with Crippen LogP contribution < -0.4 is 10.1 Å². The van der Waals surface area contributed by atoms with Crippen LogP contribution in [0.25, 0.3) is 10.9 Å². The molecule has 1 amide bonds. The number of anilines is 1. The minimum Gasteiger partial charge on any atom is -0.490 e. The van der Waals surface area contributed by atoms with Crippen molar-refractivity contribution in [1.29, 1.82) is 0 Å². The number of hydrogen-bond donors (Lipinski definition) is 2. The van der Waals surface area contributed by atoms with Crippen molar-refractivity contribution in [3.8, 4) is 5.75 Å². The van der Waals surface area contributed by atoms with Crippen LogP contribution in [0.3, 0.4) is 0 Å². The van der Waals surface area contributed by atoms with Gasteiger partial charge in [0.05, 0.1) is 30.4 Å². The number of nitrogens with one attached hydrogen (secondary N) is 2. The first-order chi connectivity index (χ1) is 14.1. The Morgan fingerprint density at radius 2 is 1.97 bits per heavy atom. The maximum Gasteiger partial charge on any atom is 0.232 e. The Labute approximate surface area is 170 Å². The van der Waals surface area contributed by atoms with Gasteiger partial charge in [-0.25, -0.2) is 0 Å². The number of amides is 1. The van der Waals surface area contributed by atoms with Gasteiger partial charge in [0.25, 0.3) is 0 Å². The second-order valence-electron chi connectivity index (χ2n) is 8.36. The molecular weight excluding hydrogens is 364 g/mol. The van der Waals surface area contributed by atoms with Crippen LogP contribution >= 0.6 is 0 Å². The molecule has 1 saturated heterocycles. The molecule has 29 heavy (non-hydrogen) atoms. The standard InChI is InChI=1S/C24H26N2O3/c1-14-3-5-16(6-4-14)17-9-19(10-17)29-18-7-8-22-20(11-18)23(12-25-22)26-24(27)21-13-28-15(21)2/h3-8,11-12,15,17,19,21,25H,9-10,13H2,1-2H3,(H,26,27)/t15-,17?,19?,21-/m1/s1. The van der Waals surface area contributed by atoms with E-state index in [1.165, 1.54) is 11.1 Å². The summed E-state index contributed by atoms with van der Waals surface area (Å²) in [6.45, 7) is 4.54. The van der Waals surface area contributed by atoms with E-state index >= 15 is 0 Å². The molecule has 1 saturated carbocycles. The van der Waals surface area contributed by atoms with E-state index in [1.54, 1.807) is 0 Å². The topological polar surface area (TPSA) is 63.3 Å². The molecule has 2 N–H and O–H groups in total. The molecule has 1 aliphatic heterocycles. The molecule has 1 aromatic heterocycles. The van der Waals surface area contributed by atoms with Gasteiger partial charge in [0.1, 0.15) is 5.75 Å². The van der Waals surface area contributed by atoms with Crippen LogP contribution in [0.4, 0.5) is 5.69 Å². The molecule has 2 heterocycles. The molecule has 2 atom stereocenters. The summed E-state index contributed by atoms with van der Waals surface area (Å²) in [5.74, 6) is 1.36. The Hall–Kier alpha value is -2.79. The fourth-order valence-electron chi connectivity index (χ4n) is 4.14. The molecule has 0 radical (unpaired) electrons. The van der Waals surface area contributed by atoms with E-state index in [1.807, 2.05) is 31.3 Å². The van der Waals surface area contributed by atoms with E-state index in [0.29, 0.717) is 12.5 Å². The number of hydrogen-bond acceptors (Lipinski definition) is 3. The molecule has 0 unspecified atom stereocenters. The lowest BCUT2D eigenvalue weighted by molar-refractivity contribution is -0.147. The number of H-pyrrole nitrogens is 1. The van der Waals surface area contributed by atoms with E-state index in [0.717, 1.165) is 35.2 Å². The molecule has 150 valence electrons. The summed E-state index contributed by atoms with van der Waals surface area (Å²) in [5.41, 5.74) is 4.47. The Morgan fingerprint density at radius 1 is 1.17 bits per heavy atom. The first kappa shape index (κ1) is 18.3. The van der Waals surface area contributed by atoms with Crippen LogP contribution in [0, 0.1) is 12.8 Å². The van der Waals surface area contributed by atoms with E-state index in [2.05, 4.69) is 41.5 Å². The summed E-state index contributed by atoms with van der Waals surface area (Å²) in [7, 11) is 0. The van der Waals surface area contributed by atoms with E-state index in [-0.39, 0.29) is 24.0 Å². The molecule has 5 heteroatoms. The van der Waals surface area contributed by atoms with Gasteiger partial charge in [-0.2, -0.15) is 0 Å². The Balaban J connectivity index is 1.24. The first-order valence-corrected chi connectivity index (χ1v) is 10.3. The highest BCUT2D eigenvalue weighted by atomic mass is 16.5. The lowest BCUT2D eigenvalue weighted by Crippen LogP contribution is -2.45. The zero-order chi connectivity index (χ0) is 20.0. The number of fused-ring (bicyclic) bond motifs is 1. The number of benzene rings is 2. The lowest BCUT2D eigenvalue weighted by atomic mass is 9.77. The highest BCUT2D eigenvalue weighted by molar-refractivity contribution is 6.03. The minimum absolute atomic E-state index is 0.0101. The fraction of sp³-hybridized carbons (Fsp3) is 0.375. The van der Waals surface area contributed by atoms with Gasteiger partial charge in [-0.1, -0.05) is 29.8 Å². The van der Waals surface area contributed by atoms with Crippen LogP contribution in [-0.4, -0.2) is 29.7 Å². The van der Waals surface area contributed by atoms with Crippen molar-refractivity contribution in [3.63, 3.8) is 0 Å². The predicted molar refractivity (Wildman–Crippen MR) is 113 cm³/mol. The monoisotopic (exact) mass is 390 g/mol. The fourth-order valence-corrected chi connectivity index (χ4v) is 4.14.